The van der Waals surface area contributed by atoms with Gasteiger partial charge in [0, 0.05) is 18.8 Å². The molecule has 0 unspecified atom stereocenters. The number of hydrogen-bond acceptors (Lipinski definition) is 2. The van der Waals surface area contributed by atoms with Crippen LogP contribution in [0.3, 0.4) is 0 Å². The molecule has 1 heterocycles. The standard InChI is InChI=1S/C8H11NO3/c1-3-5-6(10)4-9(2)7(5)8(11)12/h4,10H,3H2,1-2H3,(H,11,12). The molecule has 4 heteroatoms. The molecule has 2 N–H and O–H groups in total. The summed E-state index contributed by atoms with van der Waals surface area (Å²) < 4.78 is 1.41. The van der Waals surface area contributed by atoms with Crippen molar-refractivity contribution in [1.29, 1.82) is 0 Å². The van der Waals surface area contributed by atoms with Gasteiger partial charge in [-0.05, 0) is 6.42 Å². The van der Waals surface area contributed by atoms with E-state index in [0.29, 0.717) is 12.0 Å². The van der Waals surface area contributed by atoms with Gasteiger partial charge in [-0.3, -0.25) is 0 Å². The summed E-state index contributed by atoms with van der Waals surface area (Å²) in [5, 5.41) is 18.0. The Morgan fingerprint density at radius 1 is 1.67 bits per heavy atom. The van der Waals surface area contributed by atoms with Gasteiger partial charge in [-0.2, -0.15) is 0 Å². The van der Waals surface area contributed by atoms with Crippen LogP contribution in [0, 0.1) is 0 Å². The molecule has 0 atom stereocenters. The Morgan fingerprint density at radius 2 is 2.25 bits per heavy atom. The van der Waals surface area contributed by atoms with Crippen molar-refractivity contribution in [2.24, 2.45) is 7.05 Å². The van der Waals surface area contributed by atoms with Gasteiger partial charge in [0.2, 0.25) is 0 Å². The first-order chi connectivity index (χ1) is 5.57. The first kappa shape index (κ1) is 8.64. The summed E-state index contributed by atoms with van der Waals surface area (Å²) >= 11 is 0. The van der Waals surface area contributed by atoms with Crippen molar-refractivity contribution >= 4 is 5.97 Å². The van der Waals surface area contributed by atoms with Gasteiger partial charge in [-0.15, -0.1) is 0 Å². The van der Waals surface area contributed by atoms with Crippen molar-refractivity contribution in [3.63, 3.8) is 0 Å². The number of aromatic carboxylic acids is 1. The molecule has 0 aliphatic heterocycles. The van der Waals surface area contributed by atoms with E-state index in [0.717, 1.165) is 0 Å². The average molecular weight is 169 g/mol. The Bertz CT molecular complexity index is 314. The zero-order chi connectivity index (χ0) is 9.30. The van der Waals surface area contributed by atoms with Gasteiger partial charge in [-0.1, -0.05) is 6.92 Å². The van der Waals surface area contributed by atoms with E-state index in [1.54, 1.807) is 7.05 Å². The maximum Gasteiger partial charge on any atom is 0.352 e. The lowest BCUT2D eigenvalue weighted by Crippen LogP contribution is -2.06. The van der Waals surface area contributed by atoms with Crippen molar-refractivity contribution in [2.75, 3.05) is 0 Å². The average Bonchev–Trinajstić information content (AvgIpc) is 2.24. The second-order valence-electron chi connectivity index (χ2n) is 2.61. The largest absolute Gasteiger partial charge is 0.506 e. The van der Waals surface area contributed by atoms with Gasteiger partial charge in [0.1, 0.15) is 11.4 Å². The zero-order valence-electron chi connectivity index (χ0n) is 7.03. The zero-order valence-corrected chi connectivity index (χ0v) is 7.03. The molecule has 66 valence electrons. The molecule has 4 nitrogen and oxygen atoms in total. The molecule has 0 fully saturated rings. The van der Waals surface area contributed by atoms with Crippen LogP contribution in [0.15, 0.2) is 6.20 Å². The Balaban J connectivity index is 3.32. The molecule has 0 aliphatic carbocycles. The van der Waals surface area contributed by atoms with Gasteiger partial charge < -0.3 is 14.8 Å². The van der Waals surface area contributed by atoms with Gasteiger partial charge >= 0.3 is 5.97 Å². The van der Waals surface area contributed by atoms with Crippen molar-refractivity contribution in [2.45, 2.75) is 13.3 Å². The van der Waals surface area contributed by atoms with Crippen molar-refractivity contribution in [3.05, 3.63) is 17.5 Å². The van der Waals surface area contributed by atoms with E-state index in [4.69, 9.17) is 5.11 Å². The number of rotatable bonds is 2. The van der Waals surface area contributed by atoms with E-state index in [9.17, 15) is 9.90 Å². The Morgan fingerprint density at radius 3 is 2.58 bits per heavy atom. The molecule has 0 aliphatic rings. The third kappa shape index (κ3) is 1.15. The lowest BCUT2D eigenvalue weighted by molar-refractivity contribution is 0.0685. The van der Waals surface area contributed by atoms with Gasteiger partial charge in [0.05, 0.1) is 0 Å². The number of carboxylic acids is 1. The highest BCUT2D eigenvalue weighted by molar-refractivity contribution is 5.88. The number of aromatic hydroxyl groups is 1. The minimum absolute atomic E-state index is 0.0531. The van der Waals surface area contributed by atoms with E-state index in [1.165, 1.54) is 10.8 Å². The maximum atomic E-state index is 10.7. The number of carboxylic acid groups (broad SMARTS) is 1. The Kier molecular flexibility index (Phi) is 2.08. The molecule has 0 saturated carbocycles. The van der Waals surface area contributed by atoms with Gasteiger partial charge in [0.25, 0.3) is 0 Å². The molecular formula is C8H11NO3. The number of nitrogens with zero attached hydrogens (tertiary/aromatic N) is 1. The van der Waals surface area contributed by atoms with Crippen LogP contribution in [-0.4, -0.2) is 20.7 Å². The van der Waals surface area contributed by atoms with Crippen LogP contribution in [0.25, 0.3) is 0 Å². The molecule has 1 rings (SSSR count). The summed E-state index contributed by atoms with van der Waals surface area (Å²) in [7, 11) is 1.60. The third-order valence-corrected chi connectivity index (χ3v) is 1.82. The van der Waals surface area contributed by atoms with Crippen molar-refractivity contribution in [3.8, 4) is 5.75 Å². The van der Waals surface area contributed by atoms with E-state index < -0.39 is 5.97 Å². The fourth-order valence-corrected chi connectivity index (χ4v) is 1.29. The number of hydrogen-bond donors (Lipinski definition) is 2. The predicted octanol–water partition coefficient (Wildman–Crippen LogP) is 0.991. The lowest BCUT2D eigenvalue weighted by Gasteiger charge is -1.98. The molecule has 0 amide bonds. The van der Waals surface area contributed by atoms with Gasteiger partial charge in [0.15, 0.2) is 0 Å². The van der Waals surface area contributed by atoms with Crippen LogP contribution in [0.5, 0.6) is 5.75 Å². The molecule has 0 radical (unpaired) electrons. The summed E-state index contributed by atoms with van der Waals surface area (Å²) in [5.74, 6) is -0.952. The third-order valence-electron chi connectivity index (χ3n) is 1.82. The summed E-state index contributed by atoms with van der Waals surface area (Å²) in [6.07, 6.45) is 1.93. The van der Waals surface area contributed by atoms with Crippen LogP contribution in [0.4, 0.5) is 0 Å². The highest BCUT2D eigenvalue weighted by Crippen LogP contribution is 2.23. The minimum atomic E-state index is -1.00. The minimum Gasteiger partial charge on any atom is -0.506 e. The normalized spacial score (nSPS) is 10.2. The second kappa shape index (κ2) is 2.89. The van der Waals surface area contributed by atoms with E-state index >= 15 is 0 Å². The Labute approximate surface area is 70.1 Å². The molecule has 0 saturated heterocycles. The maximum absolute atomic E-state index is 10.7. The first-order valence-electron chi connectivity index (χ1n) is 3.68. The summed E-state index contributed by atoms with van der Waals surface area (Å²) in [4.78, 5) is 10.7. The lowest BCUT2D eigenvalue weighted by atomic mass is 10.2. The van der Waals surface area contributed by atoms with Crippen molar-refractivity contribution in [1.82, 2.24) is 4.57 Å². The van der Waals surface area contributed by atoms with Gasteiger partial charge in [-0.25, -0.2) is 4.79 Å². The fourth-order valence-electron chi connectivity index (χ4n) is 1.29. The molecular weight excluding hydrogens is 158 g/mol. The molecule has 1 aromatic rings. The summed E-state index contributed by atoms with van der Waals surface area (Å²) in [5.41, 5.74) is 0.653. The summed E-state index contributed by atoms with van der Waals surface area (Å²) in [6, 6.07) is 0. The number of aromatic nitrogens is 1. The topological polar surface area (TPSA) is 62.5 Å². The van der Waals surface area contributed by atoms with Crippen LogP contribution in [0.1, 0.15) is 23.0 Å². The number of aryl methyl sites for hydroxylation is 1. The quantitative estimate of drug-likeness (QED) is 0.694. The predicted molar refractivity (Wildman–Crippen MR) is 43.4 cm³/mol. The van der Waals surface area contributed by atoms with E-state index in [-0.39, 0.29) is 11.4 Å². The summed E-state index contributed by atoms with van der Waals surface area (Å²) in [6.45, 7) is 1.81. The highest BCUT2D eigenvalue weighted by Gasteiger charge is 2.17. The van der Waals surface area contributed by atoms with Crippen LogP contribution >= 0.6 is 0 Å². The van der Waals surface area contributed by atoms with Crippen LogP contribution in [-0.2, 0) is 13.5 Å². The molecule has 12 heavy (non-hydrogen) atoms. The highest BCUT2D eigenvalue weighted by atomic mass is 16.4. The monoisotopic (exact) mass is 169 g/mol. The Hall–Kier alpha value is -1.45. The van der Waals surface area contributed by atoms with Crippen LogP contribution in [0.2, 0.25) is 0 Å². The number of carbonyl (C=O) groups is 1. The van der Waals surface area contributed by atoms with E-state index in [1.807, 2.05) is 6.92 Å². The van der Waals surface area contributed by atoms with Crippen LogP contribution < -0.4 is 0 Å². The second-order valence-corrected chi connectivity index (χ2v) is 2.61. The SMILES string of the molecule is CCc1c(O)cn(C)c1C(=O)O. The van der Waals surface area contributed by atoms with Crippen molar-refractivity contribution < 1.29 is 15.0 Å². The molecule has 1 aromatic heterocycles. The molecule has 0 spiro atoms. The molecule has 0 aromatic carbocycles. The smallest absolute Gasteiger partial charge is 0.352 e. The fraction of sp³-hybridized carbons (Fsp3) is 0.375. The first-order valence-corrected chi connectivity index (χ1v) is 3.68. The molecule has 0 bridgehead atoms. The van der Waals surface area contributed by atoms with E-state index in [2.05, 4.69) is 0 Å².